The summed E-state index contributed by atoms with van der Waals surface area (Å²) in [6, 6.07) is 3.74. The van der Waals surface area contributed by atoms with E-state index in [4.69, 9.17) is 4.74 Å². The first-order chi connectivity index (χ1) is 9.13. The molecular weight excluding hydrogens is 308 g/mol. The molecule has 0 aliphatic heterocycles. The Hall–Kier alpha value is -0.940. The van der Waals surface area contributed by atoms with Gasteiger partial charge in [-0.2, -0.15) is 0 Å². The van der Waals surface area contributed by atoms with E-state index in [1.165, 1.54) is 0 Å². The lowest BCUT2D eigenvalue weighted by Crippen LogP contribution is -2.41. The summed E-state index contributed by atoms with van der Waals surface area (Å²) in [5, 5.41) is 0. The molecule has 0 saturated heterocycles. The number of methoxy groups -OCH3 is 1. The maximum absolute atomic E-state index is 12.6. The largest absolute Gasteiger partial charge is 0.383 e. The van der Waals surface area contributed by atoms with E-state index in [9.17, 15) is 4.79 Å². The van der Waals surface area contributed by atoms with Crippen molar-refractivity contribution in [2.24, 2.45) is 0 Å². The van der Waals surface area contributed by atoms with Crippen LogP contribution in [0.3, 0.4) is 0 Å². The van der Waals surface area contributed by atoms with Gasteiger partial charge in [-0.3, -0.25) is 4.79 Å². The minimum Gasteiger partial charge on any atom is -0.383 e. The smallest absolute Gasteiger partial charge is 0.254 e. The molecule has 0 aromatic carbocycles. The lowest BCUT2D eigenvalue weighted by Gasteiger charge is -2.30. The monoisotopic (exact) mass is 328 g/mol. The first-order valence-corrected chi connectivity index (χ1v) is 7.34. The lowest BCUT2D eigenvalue weighted by molar-refractivity contribution is 0.0589. The van der Waals surface area contributed by atoms with Crippen LogP contribution in [0.1, 0.15) is 37.0 Å². The second-order valence-corrected chi connectivity index (χ2v) is 5.14. The Bertz CT molecular complexity index is 408. The molecule has 1 amide bonds. The van der Waals surface area contributed by atoms with Crippen molar-refractivity contribution in [3.05, 3.63) is 28.5 Å². The molecule has 106 valence electrons. The van der Waals surface area contributed by atoms with Gasteiger partial charge in [-0.15, -0.1) is 0 Å². The minimum atomic E-state index is 0.0360. The molecule has 0 atom stereocenters. The van der Waals surface area contributed by atoms with Crippen molar-refractivity contribution in [2.75, 3.05) is 20.3 Å². The number of pyridine rings is 1. The van der Waals surface area contributed by atoms with Crippen LogP contribution in [0.2, 0.25) is 0 Å². The second kappa shape index (κ2) is 8.27. The Kier molecular flexibility index (Phi) is 7.02. The number of aromatic nitrogens is 1. The van der Waals surface area contributed by atoms with Crippen LogP contribution in [0.5, 0.6) is 0 Å². The highest BCUT2D eigenvalue weighted by atomic mass is 79.9. The summed E-state index contributed by atoms with van der Waals surface area (Å²) < 4.78 is 5.78. The minimum absolute atomic E-state index is 0.0360. The molecule has 1 aromatic rings. The van der Waals surface area contributed by atoms with Gasteiger partial charge < -0.3 is 9.64 Å². The van der Waals surface area contributed by atoms with Crippen LogP contribution in [0.15, 0.2) is 22.9 Å². The Morgan fingerprint density at radius 2 is 2.16 bits per heavy atom. The number of carbonyl (C=O) groups is 1. The van der Waals surface area contributed by atoms with E-state index in [2.05, 4.69) is 34.8 Å². The Balaban J connectivity index is 2.92. The van der Waals surface area contributed by atoms with E-state index in [-0.39, 0.29) is 11.9 Å². The van der Waals surface area contributed by atoms with Crippen LogP contribution in [0.25, 0.3) is 0 Å². The van der Waals surface area contributed by atoms with Crippen LogP contribution in [-0.4, -0.2) is 42.1 Å². The number of halogens is 1. The van der Waals surface area contributed by atoms with Gasteiger partial charge in [0.05, 0.1) is 6.61 Å². The Morgan fingerprint density at radius 3 is 2.68 bits per heavy atom. The van der Waals surface area contributed by atoms with Gasteiger partial charge in [-0.05, 0) is 40.9 Å². The summed E-state index contributed by atoms with van der Waals surface area (Å²) in [5.41, 5.74) is 0.657. The number of amides is 1. The second-order valence-electron chi connectivity index (χ2n) is 4.33. The summed E-state index contributed by atoms with van der Waals surface area (Å²) in [6.07, 6.45) is 3.52. The number of rotatable bonds is 7. The number of carbonyl (C=O) groups excluding carboxylic acids is 1. The van der Waals surface area contributed by atoms with Gasteiger partial charge in [0.25, 0.3) is 5.91 Å². The van der Waals surface area contributed by atoms with Gasteiger partial charge in [0, 0.05) is 31.5 Å². The molecule has 0 spiro atoms. The third kappa shape index (κ3) is 4.58. The Morgan fingerprint density at radius 1 is 1.47 bits per heavy atom. The predicted octanol–water partition coefficient (Wildman–Crippen LogP) is 3.12. The molecule has 0 bridgehead atoms. The van der Waals surface area contributed by atoms with Crippen LogP contribution < -0.4 is 0 Å². The van der Waals surface area contributed by atoms with Crippen LogP contribution in [-0.2, 0) is 4.74 Å². The van der Waals surface area contributed by atoms with Crippen molar-refractivity contribution in [3.63, 3.8) is 0 Å². The van der Waals surface area contributed by atoms with Gasteiger partial charge in [-0.1, -0.05) is 13.8 Å². The number of hydrogen-bond donors (Lipinski definition) is 0. The van der Waals surface area contributed by atoms with Crippen molar-refractivity contribution >= 4 is 21.8 Å². The maximum atomic E-state index is 12.6. The third-order valence-electron chi connectivity index (χ3n) is 3.15. The fourth-order valence-corrected chi connectivity index (χ4v) is 2.44. The topological polar surface area (TPSA) is 42.4 Å². The highest BCUT2D eigenvalue weighted by Gasteiger charge is 2.22. The molecule has 0 fully saturated rings. The van der Waals surface area contributed by atoms with Crippen molar-refractivity contribution in [1.82, 2.24) is 9.88 Å². The summed E-state index contributed by atoms with van der Waals surface area (Å²) in [5.74, 6) is 0.0360. The van der Waals surface area contributed by atoms with E-state index in [0.717, 1.165) is 12.8 Å². The van der Waals surface area contributed by atoms with E-state index in [1.807, 2.05) is 4.90 Å². The number of nitrogens with zero attached hydrogens (tertiary/aromatic N) is 2. The molecule has 0 aliphatic carbocycles. The molecule has 0 saturated carbocycles. The summed E-state index contributed by atoms with van der Waals surface area (Å²) in [4.78, 5) is 18.5. The summed E-state index contributed by atoms with van der Waals surface area (Å²) >= 11 is 3.30. The first-order valence-electron chi connectivity index (χ1n) is 6.55. The molecule has 1 aromatic heterocycles. The molecule has 0 N–H and O–H groups in total. The molecule has 1 rings (SSSR count). The lowest BCUT2D eigenvalue weighted by atomic mass is 10.1. The zero-order valence-electron chi connectivity index (χ0n) is 11.7. The third-order valence-corrected chi connectivity index (χ3v) is 3.59. The zero-order chi connectivity index (χ0) is 14.3. The van der Waals surface area contributed by atoms with E-state index < -0.39 is 0 Å². The average Bonchev–Trinajstić information content (AvgIpc) is 2.43. The van der Waals surface area contributed by atoms with Gasteiger partial charge in [0.2, 0.25) is 0 Å². The highest BCUT2D eigenvalue weighted by Crippen LogP contribution is 2.15. The summed E-state index contributed by atoms with van der Waals surface area (Å²) in [6.45, 7) is 5.36. The van der Waals surface area contributed by atoms with Gasteiger partial charge in [-0.25, -0.2) is 4.98 Å². The van der Waals surface area contributed by atoms with E-state index in [1.54, 1.807) is 25.4 Å². The van der Waals surface area contributed by atoms with Crippen LogP contribution >= 0.6 is 15.9 Å². The van der Waals surface area contributed by atoms with Gasteiger partial charge in [0.15, 0.2) is 0 Å². The predicted molar refractivity (Wildman–Crippen MR) is 79.2 cm³/mol. The van der Waals surface area contributed by atoms with Crippen LogP contribution in [0.4, 0.5) is 0 Å². The van der Waals surface area contributed by atoms with Crippen molar-refractivity contribution in [1.29, 1.82) is 0 Å². The normalized spacial score (nSPS) is 10.8. The molecular formula is C14H21BrN2O2. The van der Waals surface area contributed by atoms with E-state index in [0.29, 0.717) is 23.3 Å². The molecule has 4 nitrogen and oxygen atoms in total. The van der Waals surface area contributed by atoms with Crippen molar-refractivity contribution in [2.45, 2.75) is 32.7 Å². The average molecular weight is 329 g/mol. The standard InChI is InChI=1S/C14H21BrN2O2/c1-4-12(5-2)17(8-9-19-3)14(18)11-6-7-16-13(15)10-11/h6-7,10,12H,4-5,8-9H2,1-3H3. The number of ether oxygens (including phenoxy) is 1. The number of hydrogen-bond acceptors (Lipinski definition) is 3. The zero-order valence-corrected chi connectivity index (χ0v) is 13.3. The highest BCUT2D eigenvalue weighted by molar-refractivity contribution is 9.10. The van der Waals surface area contributed by atoms with Crippen molar-refractivity contribution < 1.29 is 9.53 Å². The first kappa shape index (κ1) is 16.1. The molecule has 1 heterocycles. The molecule has 5 heteroatoms. The quantitative estimate of drug-likeness (QED) is 0.722. The molecule has 0 radical (unpaired) electrons. The SMILES string of the molecule is CCC(CC)N(CCOC)C(=O)c1ccnc(Br)c1. The van der Waals surface area contributed by atoms with Gasteiger partial charge >= 0.3 is 0 Å². The Labute approximate surface area is 123 Å². The van der Waals surface area contributed by atoms with Gasteiger partial charge in [0.1, 0.15) is 4.60 Å². The fourth-order valence-electron chi connectivity index (χ4n) is 2.07. The molecule has 0 aliphatic rings. The summed E-state index contributed by atoms with van der Waals surface area (Å²) in [7, 11) is 1.65. The van der Waals surface area contributed by atoms with E-state index >= 15 is 0 Å². The maximum Gasteiger partial charge on any atom is 0.254 e. The fraction of sp³-hybridized carbons (Fsp3) is 0.571. The molecule has 0 unspecified atom stereocenters. The molecule has 19 heavy (non-hydrogen) atoms. The van der Waals surface area contributed by atoms with Crippen LogP contribution in [0, 0.1) is 0 Å². The van der Waals surface area contributed by atoms with Crippen molar-refractivity contribution in [3.8, 4) is 0 Å².